The third-order valence-electron chi connectivity index (χ3n) is 2.26. The van der Waals surface area contributed by atoms with Crippen molar-refractivity contribution in [3.63, 3.8) is 0 Å². The van der Waals surface area contributed by atoms with E-state index in [0.29, 0.717) is 11.6 Å². The van der Waals surface area contributed by atoms with E-state index in [2.05, 4.69) is 27.7 Å². The summed E-state index contributed by atoms with van der Waals surface area (Å²) in [6.07, 6.45) is 4.60. The van der Waals surface area contributed by atoms with E-state index >= 15 is 0 Å². The average molecular weight is 348 g/mol. The van der Waals surface area contributed by atoms with Crippen molar-refractivity contribution in [1.29, 1.82) is 0 Å². The van der Waals surface area contributed by atoms with Gasteiger partial charge in [0.25, 0.3) is 0 Å². The summed E-state index contributed by atoms with van der Waals surface area (Å²) in [5.74, 6) is 0. The first kappa shape index (κ1) is 11.9. The first-order valence-corrected chi connectivity index (χ1v) is 6.35. The molecule has 0 atom stereocenters. The zero-order valence-electron chi connectivity index (χ0n) is 8.53. The molecule has 0 bridgehead atoms. The van der Waals surface area contributed by atoms with Crippen LogP contribution in [0.15, 0.2) is 30.6 Å². The van der Waals surface area contributed by atoms with Gasteiger partial charge in [-0.05, 0) is 53.3 Å². The van der Waals surface area contributed by atoms with Crippen LogP contribution in [0.25, 0.3) is 5.69 Å². The van der Waals surface area contributed by atoms with Crippen LogP contribution in [-0.2, 0) is 6.42 Å². The Balaban J connectivity index is 2.48. The minimum absolute atomic E-state index is 0.618. The van der Waals surface area contributed by atoms with Crippen LogP contribution in [0.4, 0.5) is 0 Å². The lowest BCUT2D eigenvalue weighted by Crippen LogP contribution is -2.07. The SMILES string of the molecule is NCCc1ccc(Cl)cc1-n1cc(I)cn1. The van der Waals surface area contributed by atoms with Crippen LogP contribution in [0.1, 0.15) is 5.56 Å². The van der Waals surface area contributed by atoms with Crippen molar-refractivity contribution >= 4 is 34.2 Å². The highest BCUT2D eigenvalue weighted by Crippen LogP contribution is 2.20. The lowest BCUT2D eigenvalue weighted by Gasteiger charge is -2.09. The zero-order chi connectivity index (χ0) is 11.5. The minimum atomic E-state index is 0.618. The third kappa shape index (κ3) is 2.56. The van der Waals surface area contributed by atoms with Crippen molar-refractivity contribution in [3.05, 3.63) is 44.7 Å². The van der Waals surface area contributed by atoms with Crippen LogP contribution in [0.5, 0.6) is 0 Å². The van der Waals surface area contributed by atoms with Crippen molar-refractivity contribution in [3.8, 4) is 5.69 Å². The number of hydrogen-bond acceptors (Lipinski definition) is 2. The van der Waals surface area contributed by atoms with Crippen molar-refractivity contribution < 1.29 is 0 Å². The van der Waals surface area contributed by atoms with Crippen LogP contribution in [0.3, 0.4) is 0 Å². The lowest BCUT2D eigenvalue weighted by atomic mass is 10.1. The summed E-state index contributed by atoms with van der Waals surface area (Å²) in [5.41, 5.74) is 7.75. The summed E-state index contributed by atoms with van der Waals surface area (Å²) in [4.78, 5) is 0. The maximum Gasteiger partial charge on any atom is 0.0693 e. The van der Waals surface area contributed by atoms with Crippen LogP contribution in [0, 0.1) is 3.57 Å². The zero-order valence-corrected chi connectivity index (χ0v) is 11.4. The lowest BCUT2D eigenvalue weighted by molar-refractivity contribution is 0.850. The first-order chi connectivity index (χ1) is 7.70. The van der Waals surface area contributed by atoms with Crippen LogP contribution < -0.4 is 5.73 Å². The summed E-state index contributed by atoms with van der Waals surface area (Å²) in [6.45, 7) is 0.618. The first-order valence-electron chi connectivity index (χ1n) is 4.90. The Morgan fingerprint density at radius 3 is 2.88 bits per heavy atom. The van der Waals surface area contributed by atoms with E-state index in [1.165, 1.54) is 0 Å². The molecule has 16 heavy (non-hydrogen) atoms. The largest absolute Gasteiger partial charge is 0.330 e. The molecule has 5 heteroatoms. The second-order valence-corrected chi connectivity index (χ2v) is 5.10. The van der Waals surface area contributed by atoms with Gasteiger partial charge in [-0.15, -0.1) is 0 Å². The van der Waals surface area contributed by atoms with Gasteiger partial charge in [0.05, 0.1) is 15.5 Å². The Hall–Kier alpha value is -0.590. The summed E-state index contributed by atoms with van der Waals surface area (Å²) in [7, 11) is 0. The van der Waals surface area contributed by atoms with Gasteiger partial charge in [-0.2, -0.15) is 5.10 Å². The quantitative estimate of drug-likeness (QED) is 0.868. The summed E-state index contributed by atoms with van der Waals surface area (Å²) >= 11 is 8.23. The van der Waals surface area contributed by atoms with E-state index in [0.717, 1.165) is 21.2 Å². The highest BCUT2D eigenvalue weighted by molar-refractivity contribution is 14.1. The molecule has 2 rings (SSSR count). The van der Waals surface area contributed by atoms with Crippen molar-refractivity contribution in [2.45, 2.75) is 6.42 Å². The summed E-state index contributed by atoms with van der Waals surface area (Å²) < 4.78 is 2.93. The molecular formula is C11H11ClIN3. The topological polar surface area (TPSA) is 43.8 Å². The molecule has 0 spiro atoms. The van der Waals surface area contributed by atoms with Gasteiger partial charge in [0.15, 0.2) is 0 Å². The van der Waals surface area contributed by atoms with Gasteiger partial charge < -0.3 is 5.73 Å². The van der Waals surface area contributed by atoms with Gasteiger partial charge in [-0.3, -0.25) is 0 Å². The summed E-state index contributed by atoms with van der Waals surface area (Å²) in [6, 6.07) is 5.79. The van der Waals surface area contributed by atoms with E-state index in [-0.39, 0.29) is 0 Å². The van der Waals surface area contributed by atoms with E-state index in [1.54, 1.807) is 0 Å². The predicted molar refractivity (Wildman–Crippen MR) is 74.0 cm³/mol. The Kier molecular flexibility index (Phi) is 3.83. The van der Waals surface area contributed by atoms with Crippen molar-refractivity contribution in [2.75, 3.05) is 6.54 Å². The monoisotopic (exact) mass is 347 g/mol. The molecule has 1 heterocycles. The fraction of sp³-hybridized carbons (Fsp3) is 0.182. The fourth-order valence-corrected chi connectivity index (χ4v) is 2.10. The number of hydrogen-bond donors (Lipinski definition) is 1. The molecule has 0 aliphatic carbocycles. The molecule has 0 radical (unpaired) electrons. The van der Waals surface area contributed by atoms with Gasteiger partial charge in [0.1, 0.15) is 0 Å². The molecule has 84 valence electrons. The smallest absolute Gasteiger partial charge is 0.0693 e. The summed E-state index contributed by atoms with van der Waals surface area (Å²) in [5, 5.41) is 4.99. The van der Waals surface area contributed by atoms with Crippen LogP contribution >= 0.6 is 34.2 Å². The molecule has 0 aliphatic rings. The standard InChI is InChI=1S/C11H11ClIN3/c12-9-2-1-8(3-4-14)11(5-9)16-7-10(13)6-15-16/h1-2,5-7H,3-4,14H2. The number of nitrogens with two attached hydrogens (primary N) is 1. The molecule has 2 N–H and O–H groups in total. The van der Waals surface area contributed by atoms with Crippen LogP contribution in [-0.4, -0.2) is 16.3 Å². The number of rotatable bonds is 3. The Bertz CT molecular complexity index is 496. The van der Waals surface area contributed by atoms with Gasteiger partial charge in [0, 0.05) is 11.2 Å². The second-order valence-electron chi connectivity index (χ2n) is 3.41. The molecule has 0 saturated carbocycles. The molecule has 1 aromatic heterocycles. The third-order valence-corrected chi connectivity index (χ3v) is 3.05. The van der Waals surface area contributed by atoms with Crippen LogP contribution in [0.2, 0.25) is 5.02 Å². The Labute approximate surface area is 113 Å². The molecule has 0 saturated heterocycles. The van der Waals surface area contributed by atoms with E-state index < -0.39 is 0 Å². The minimum Gasteiger partial charge on any atom is -0.330 e. The highest BCUT2D eigenvalue weighted by Gasteiger charge is 2.06. The maximum atomic E-state index is 6.00. The van der Waals surface area contributed by atoms with Gasteiger partial charge >= 0.3 is 0 Å². The van der Waals surface area contributed by atoms with Gasteiger partial charge in [0.2, 0.25) is 0 Å². The number of halogens is 2. The van der Waals surface area contributed by atoms with Crippen molar-refractivity contribution in [1.82, 2.24) is 9.78 Å². The van der Waals surface area contributed by atoms with E-state index in [4.69, 9.17) is 17.3 Å². The van der Waals surface area contributed by atoms with E-state index in [9.17, 15) is 0 Å². The van der Waals surface area contributed by atoms with E-state index in [1.807, 2.05) is 35.3 Å². The molecule has 0 aliphatic heterocycles. The normalized spacial score (nSPS) is 10.7. The molecule has 0 amide bonds. The van der Waals surface area contributed by atoms with Gasteiger partial charge in [-0.25, -0.2) is 4.68 Å². The molecule has 3 nitrogen and oxygen atoms in total. The molecule has 0 fully saturated rings. The molecule has 0 unspecified atom stereocenters. The molecule has 2 aromatic rings. The average Bonchev–Trinajstić information content (AvgIpc) is 2.68. The predicted octanol–water partition coefficient (Wildman–Crippen LogP) is 2.63. The van der Waals surface area contributed by atoms with Gasteiger partial charge in [-0.1, -0.05) is 17.7 Å². The number of aromatic nitrogens is 2. The highest BCUT2D eigenvalue weighted by atomic mass is 127. The Morgan fingerprint density at radius 2 is 2.25 bits per heavy atom. The Morgan fingerprint density at radius 1 is 1.44 bits per heavy atom. The number of nitrogens with zero attached hydrogens (tertiary/aromatic N) is 2. The maximum absolute atomic E-state index is 6.00. The second kappa shape index (κ2) is 5.16. The molecular weight excluding hydrogens is 336 g/mol. The van der Waals surface area contributed by atoms with Crippen molar-refractivity contribution in [2.24, 2.45) is 5.73 Å². The fourth-order valence-electron chi connectivity index (χ4n) is 1.55. The number of benzene rings is 1. The molecule has 1 aromatic carbocycles.